The Bertz CT molecular complexity index is 2230. The highest BCUT2D eigenvalue weighted by atomic mass is 19.1. The molecule has 0 N–H and O–H groups in total. The van der Waals surface area contributed by atoms with Crippen molar-refractivity contribution in [3.63, 3.8) is 0 Å². The molecule has 0 spiro atoms. The molecule has 0 fully saturated rings. The number of para-hydroxylation sites is 1. The van der Waals surface area contributed by atoms with Gasteiger partial charge in [0.2, 0.25) is 0 Å². The minimum absolute atomic E-state index is 0.272. The molecule has 43 heavy (non-hydrogen) atoms. The Kier molecular flexibility index (Phi) is 5.93. The van der Waals surface area contributed by atoms with Crippen molar-refractivity contribution in [1.29, 1.82) is 0 Å². The summed E-state index contributed by atoms with van der Waals surface area (Å²) in [6, 6.07) is 45.2. The van der Waals surface area contributed by atoms with Gasteiger partial charge in [-0.3, -0.25) is 0 Å². The third-order valence-corrected chi connectivity index (χ3v) is 7.78. The molecular weight excluding hydrogens is 531 g/mol. The Morgan fingerprint density at radius 2 is 0.953 bits per heavy atom. The number of halogens is 1. The molecule has 8 rings (SSSR count). The van der Waals surface area contributed by atoms with Crippen molar-refractivity contribution in [2.24, 2.45) is 0 Å². The molecular formula is C38H23FN4. The van der Waals surface area contributed by atoms with Crippen LogP contribution in [0.4, 0.5) is 4.39 Å². The first-order valence-corrected chi connectivity index (χ1v) is 14.1. The fourth-order valence-electron chi connectivity index (χ4n) is 5.76. The predicted octanol–water partition coefficient (Wildman–Crippen LogP) is 9.53. The zero-order valence-corrected chi connectivity index (χ0v) is 22.9. The van der Waals surface area contributed by atoms with Gasteiger partial charge in [0.1, 0.15) is 5.82 Å². The fraction of sp³-hybridized carbons (Fsp3) is 0. The molecule has 4 nitrogen and oxygen atoms in total. The van der Waals surface area contributed by atoms with Crippen molar-refractivity contribution in [2.75, 3.05) is 0 Å². The Labute approximate surface area is 247 Å². The molecule has 0 bridgehead atoms. The summed E-state index contributed by atoms with van der Waals surface area (Å²) in [5.74, 6) is 1.58. The van der Waals surface area contributed by atoms with Crippen LogP contribution < -0.4 is 0 Å². The lowest BCUT2D eigenvalue weighted by Gasteiger charge is -2.15. The zero-order chi connectivity index (χ0) is 28.8. The Morgan fingerprint density at radius 3 is 1.65 bits per heavy atom. The van der Waals surface area contributed by atoms with Crippen LogP contribution in [0.15, 0.2) is 140 Å². The van der Waals surface area contributed by atoms with Gasteiger partial charge in [0.15, 0.2) is 17.5 Å². The average Bonchev–Trinajstić information content (AvgIpc) is 3.08. The van der Waals surface area contributed by atoms with Crippen molar-refractivity contribution in [3.05, 3.63) is 145 Å². The van der Waals surface area contributed by atoms with Gasteiger partial charge in [-0.05, 0) is 41.1 Å². The second kappa shape index (κ2) is 10.2. The van der Waals surface area contributed by atoms with E-state index in [9.17, 15) is 4.39 Å². The lowest BCUT2D eigenvalue weighted by Crippen LogP contribution is -2.00. The molecule has 0 unspecified atom stereocenters. The summed E-state index contributed by atoms with van der Waals surface area (Å²) in [5, 5.41) is 5.24. The number of fused-ring (bicyclic) bond motifs is 5. The molecule has 202 valence electrons. The predicted molar refractivity (Wildman–Crippen MR) is 172 cm³/mol. The minimum atomic E-state index is -0.272. The smallest absolute Gasteiger partial charge is 0.164 e. The number of hydrogen-bond donors (Lipinski definition) is 0. The lowest BCUT2D eigenvalue weighted by molar-refractivity contribution is 0.628. The van der Waals surface area contributed by atoms with Gasteiger partial charge in [0, 0.05) is 38.4 Å². The van der Waals surface area contributed by atoms with Gasteiger partial charge in [-0.1, -0.05) is 109 Å². The van der Waals surface area contributed by atoms with Crippen molar-refractivity contribution in [2.45, 2.75) is 0 Å². The first-order chi connectivity index (χ1) is 21.2. The van der Waals surface area contributed by atoms with E-state index in [1.165, 1.54) is 12.1 Å². The third-order valence-electron chi connectivity index (χ3n) is 7.78. The molecule has 2 aromatic heterocycles. The van der Waals surface area contributed by atoms with E-state index in [0.29, 0.717) is 17.5 Å². The summed E-state index contributed by atoms with van der Waals surface area (Å²) in [6.45, 7) is 0. The van der Waals surface area contributed by atoms with E-state index >= 15 is 0 Å². The van der Waals surface area contributed by atoms with Crippen LogP contribution in [0.1, 0.15) is 0 Å². The van der Waals surface area contributed by atoms with Gasteiger partial charge in [-0.25, -0.2) is 24.3 Å². The normalized spacial score (nSPS) is 11.4. The molecule has 0 aliphatic heterocycles. The van der Waals surface area contributed by atoms with E-state index in [1.807, 2.05) is 78.9 Å². The van der Waals surface area contributed by atoms with Crippen LogP contribution in [0, 0.1) is 5.82 Å². The Balaban J connectivity index is 1.42. The van der Waals surface area contributed by atoms with Crippen molar-refractivity contribution < 1.29 is 4.39 Å². The van der Waals surface area contributed by atoms with Crippen molar-refractivity contribution in [1.82, 2.24) is 19.9 Å². The Hall–Kier alpha value is -5.81. The summed E-state index contributed by atoms with van der Waals surface area (Å²) in [7, 11) is 0. The summed E-state index contributed by atoms with van der Waals surface area (Å²) in [6.07, 6.45) is 0. The average molecular weight is 555 g/mol. The third kappa shape index (κ3) is 4.39. The van der Waals surface area contributed by atoms with Gasteiger partial charge in [-0.15, -0.1) is 0 Å². The van der Waals surface area contributed by atoms with E-state index in [2.05, 4.69) is 36.4 Å². The van der Waals surface area contributed by atoms with E-state index in [1.54, 1.807) is 12.1 Å². The number of nitrogens with zero attached hydrogens (tertiary/aromatic N) is 4. The molecule has 0 aliphatic carbocycles. The van der Waals surface area contributed by atoms with Crippen molar-refractivity contribution in [3.8, 4) is 45.4 Å². The summed E-state index contributed by atoms with van der Waals surface area (Å²) < 4.78 is 13.8. The largest absolute Gasteiger partial charge is 0.247 e. The van der Waals surface area contributed by atoms with Crippen LogP contribution in [0.3, 0.4) is 0 Å². The van der Waals surface area contributed by atoms with Crippen LogP contribution in [0.25, 0.3) is 77.9 Å². The highest BCUT2D eigenvalue weighted by Crippen LogP contribution is 2.39. The maximum Gasteiger partial charge on any atom is 0.164 e. The van der Waals surface area contributed by atoms with Crippen LogP contribution in [-0.4, -0.2) is 19.9 Å². The standard InChI is InChI=1S/C38H23FN4/c39-27-20-18-24(19-21-27)35-32-23-22-28-29(34(32)31-14-7-8-17-33(31)40-35)15-9-16-30(28)38-42-36(25-10-3-1-4-11-25)41-37(43-38)26-12-5-2-6-13-26/h1-23H. The first-order valence-electron chi connectivity index (χ1n) is 14.1. The van der Waals surface area contributed by atoms with Crippen LogP contribution in [0.2, 0.25) is 0 Å². The molecule has 0 atom stereocenters. The van der Waals surface area contributed by atoms with Crippen LogP contribution in [0.5, 0.6) is 0 Å². The Morgan fingerprint density at radius 1 is 0.372 bits per heavy atom. The molecule has 0 saturated carbocycles. The first kappa shape index (κ1) is 24.9. The number of benzene rings is 6. The van der Waals surface area contributed by atoms with Crippen molar-refractivity contribution >= 4 is 32.4 Å². The van der Waals surface area contributed by atoms with E-state index in [-0.39, 0.29) is 5.82 Å². The molecule has 0 saturated heterocycles. The van der Waals surface area contributed by atoms with Gasteiger partial charge < -0.3 is 0 Å². The highest BCUT2D eigenvalue weighted by Gasteiger charge is 2.17. The quantitative estimate of drug-likeness (QED) is 0.203. The lowest BCUT2D eigenvalue weighted by atomic mass is 9.93. The van der Waals surface area contributed by atoms with Gasteiger partial charge in [0.25, 0.3) is 0 Å². The van der Waals surface area contributed by atoms with Gasteiger partial charge in [-0.2, -0.15) is 0 Å². The van der Waals surface area contributed by atoms with Crippen LogP contribution in [-0.2, 0) is 0 Å². The van der Waals surface area contributed by atoms with E-state index in [0.717, 1.165) is 60.4 Å². The molecule has 0 aliphatic rings. The van der Waals surface area contributed by atoms with E-state index in [4.69, 9.17) is 19.9 Å². The molecule has 6 aromatic carbocycles. The molecule has 0 amide bonds. The number of hydrogen-bond acceptors (Lipinski definition) is 4. The minimum Gasteiger partial charge on any atom is -0.247 e. The molecule has 2 heterocycles. The van der Waals surface area contributed by atoms with Gasteiger partial charge in [0.05, 0.1) is 11.2 Å². The number of rotatable bonds is 4. The number of aromatic nitrogens is 4. The maximum absolute atomic E-state index is 13.8. The second-order valence-electron chi connectivity index (χ2n) is 10.4. The van der Waals surface area contributed by atoms with Crippen LogP contribution >= 0.6 is 0 Å². The SMILES string of the molecule is Fc1ccc(-c2nc3ccccc3c3c2ccc2c(-c4nc(-c5ccccc5)nc(-c5ccccc5)n4)cccc23)cc1. The fourth-order valence-corrected chi connectivity index (χ4v) is 5.76. The zero-order valence-electron chi connectivity index (χ0n) is 22.9. The molecule has 0 radical (unpaired) electrons. The van der Waals surface area contributed by atoms with E-state index < -0.39 is 0 Å². The molecule has 5 heteroatoms. The summed E-state index contributed by atoms with van der Waals surface area (Å²) in [4.78, 5) is 19.9. The summed E-state index contributed by atoms with van der Waals surface area (Å²) in [5.41, 5.74) is 5.33. The highest BCUT2D eigenvalue weighted by molar-refractivity contribution is 6.23. The monoisotopic (exact) mass is 554 g/mol. The van der Waals surface area contributed by atoms with Gasteiger partial charge >= 0.3 is 0 Å². The summed E-state index contributed by atoms with van der Waals surface area (Å²) >= 11 is 0. The topological polar surface area (TPSA) is 51.6 Å². The second-order valence-corrected chi connectivity index (χ2v) is 10.4. The molecule has 8 aromatic rings. The number of pyridine rings is 1. The maximum atomic E-state index is 13.8.